The molecule has 0 unspecified atom stereocenters. The molecular formula is C20H30IN5O2. The van der Waals surface area contributed by atoms with Crippen molar-refractivity contribution in [3.63, 3.8) is 0 Å². The van der Waals surface area contributed by atoms with Gasteiger partial charge in [0.1, 0.15) is 6.54 Å². The number of aryl methyl sites for hydroxylation is 1. The van der Waals surface area contributed by atoms with Gasteiger partial charge < -0.3 is 20.5 Å². The SMILES string of the molecule is CCNC(=NCC(=O)Nc1cccc(CC)c1)NCc1cc(C(C)C)no1.I. The first-order valence-corrected chi connectivity index (χ1v) is 9.38. The van der Waals surface area contributed by atoms with Gasteiger partial charge in [-0.05, 0) is 37.0 Å². The summed E-state index contributed by atoms with van der Waals surface area (Å²) in [6.07, 6.45) is 0.927. The molecule has 1 amide bonds. The number of carbonyl (C=O) groups is 1. The number of rotatable bonds is 8. The molecule has 1 aromatic heterocycles. The summed E-state index contributed by atoms with van der Waals surface area (Å²) >= 11 is 0. The number of guanidine groups is 1. The summed E-state index contributed by atoms with van der Waals surface area (Å²) in [4.78, 5) is 16.5. The number of carbonyl (C=O) groups excluding carboxylic acids is 1. The Kier molecular flexibility index (Phi) is 10.6. The minimum Gasteiger partial charge on any atom is -0.359 e. The zero-order valence-electron chi connectivity index (χ0n) is 16.9. The highest BCUT2D eigenvalue weighted by Crippen LogP contribution is 2.13. The van der Waals surface area contributed by atoms with E-state index in [1.807, 2.05) is 37.3 Å². The van der Waals surface area contributed by atoms with Crippen molar-refractivity contribution in [1.82, 2.24) is 15.8 Å². The summed E-state index contributed by atoms with van der Waals surface area (Å²) in [5.74, 6) is 1.43. The van der Waals surface area contributed by atoms with Crippen molar-refractivity contribution < 1.29 is 9.32 Å². The molecule has 8 heteroatoms. The third kappa shape index (κ3) is 7.87. The average molecular weight is 499 g/mol. The fourth-order valence-electron chi connectivity index (χ4n) is 2.42. The zero-order valence-corrected chi connectivity index (χ0v) is 19.2. The predicted octanol–water partition coefficient (Wildman–Crippen LogP) is 3.67. The van der Waals surface area contributed by atoms with Crippen LogP contribution in [-0.2, 0) is 17.8 Å². The molecule has 0 spiro atoms. The highest BCUT2D eigenvalue weighted by molar-refractivity contribution is 14.0. The quantitative estimate of drug-likeness (QED) is 0.293. The molecule has 0 aliphatic carbocycles. The second-order valence-corrected chi connectivity index (χ2v) is 6.52. The van der Waals surface area contributed by atoms with E-state index in [0.717, 1.165) is 23.6 Å². The van der Waals surface area contributed by atoms with Gasteiger partial charge >= 0.3 is 0 Å². The molecule has 0 fully saturated rings. The van der Waals surface area contributed by atoms with Gasteiger partial charge in [0, 0.05) is 18.3 Å². The highest BCUT2D eigenvalue weighted by atomic mass is 127. The maximum atomic E-state index is 12.2. The highest BCUT2D eigenvalue weighted by Gasteiger charge is 2.09. The number of aromatic nitrogens is 1. The van der Waals surface area contributed by atoms with E-state index in [-0.39, 0.29) is 36.4 Å². The number of hydrogen-bond donors (Lipinski definition) is 3. The largest absolute Gasteiger partial charge is 0.359 e. The van der Waals surface area contributed by atoms with Gasteiger partial charge in [0.05, 0.1) is 12.2 Å². The third-order valence-corrected chi connectivity index (χ3v) is 3.94. The first kappa shape index (κ1) is 23.9. The molecule has 1 aromatic carbocycles. The molecule has 0 bridgehead atoms. The Morgan fingerprint density at radius 2 is 2.00 bits per heavy atom. The standard InChI is InChI=1S/C20H29N5O2.HI/c1-5-15-8-7-9-16(10-15)24-19(26)13-23-20(21-6-2)22-12-17-11-18(14(3)4)25-27-17;/h7-11,14H,5-6,12-13H2,1-4H3,(H,24,26)(H2,21,22,23);1H. The summed E-state index contributed by atoms with van der Waals surface area (Å²) in [5, 5.41) is 13.2. The number of hydrogen-bond acceptors (Lipinski definition) is 4. The first-order valence-electron chi connectivity index (χ1n) is 9.38. The number of halogens is 1. The van der Waals surface area contributed by atoms with Gasteiger partial charge in [0.2, 0.25) is 5.91 Å². The van der Waals surface area contributed by atoms with Gasteiger partial charge in [-0.3, -0.25) is 4.79 Å². The molecule has 0 saturated heterocycles. The molecule has 3 N–H and O–H groups in total. The third-order valence-electron chi connectivity index (χ3n) is 3.94. The number of nitrogens with zero attached hydrogens (tertiary/aromatic N) is 2. The molecule has 1 heterocycles. The monoisotopic (exact) mass is 499 g/mol. The van der Waals surface area contributed by atoms with E-state index in [1.165, 1.54) is 5.56 Å². The average Bonchev–Trinajstić information content (AvgIpc) is 3.13. The van der Waals surface area contributed by atoms with E-state index in [1.54, 1.807) is 0 Å². The van der Waals surface area contributed by atoms with Crippen molar-refractivity contribution in [3.8, 4) is 0 Å². The van der Waals surface area contributed by atoms with Crippen molar-refractivity contribution in [2.75, 3.05) is 18.4 Å². The second kappa shape index (κ2) is 12.4. The van der Waals surface area contributed by atoms with Crippen LogP contribution in [0.4, 0.5) is 5.69 Å². The Morgan fingerprint density at radius 3 is 2.64 bits per heavy atom. The van der Waals surface area contributed by atoms with Crippen molar-refractivity contribution in [2.24, 2.45) is 4.99 Å². The van der Waals surface area contributed by atoms with Crippen molar-refractivity contribution in [2.45, 2.75) is 46.6 Å². The van der Waals surface area contributed by atoms with E-state index in [4.69, 9.17) is 4.52 Å². The molecule has 0 atom stereocenters. The summed E-state index contributed by atoms with van der Waals surface area (Å²) in [7, 11) is 0. The van der Waals surface area contributed by atoms with Crippen LogP contribution in [0, 0.1) is 0 Å². The molecule has 2 aromatic rings. The van der Waals surface area contributed by atoms with Crippen LogP contribution in [0.2, 0.25) is 0 Å². The molecule has 28 heavy (non-hydrogen) atoms. The Hall–Kier alpha value is -2.10. The summed E-state index contributed by atoms with van der Waals surface area (Å²) in [6, 6.07) is 9.75. The molecule has 0 aliphatic heterocycles. The van der Waals surface area contributed by atoms with Gasteiger partial charge in [-0.2, -0.15) is 0 Å². The molecule has 7 nitrogen and oxygen atoms in total. The number of aliphatic imine (C=N–C) groups is 1. The first-order chi connectivity index (χ1) is 13.0. The van der Waals surface area contributed by atoms with Gasteiger partial charge in [-0.25, -0.2) is 4.99 Å². The molecule has 0 radical (unpaired) electrons. The number of anilines is 1. The van der Waals surface area contributed by atoms with E-state index in [9.17, 15) is 4.79 Å². The van der Waals surface area contributed by atoms with Crippen molar-refractivity contribution in [3.05, 3.63) is 47.3 Å². The summed E-state index contributed by atoms with van der Waals surface area (Å²) < 4.78 is 5.31. The molecule has 154 valence electrons. The van der Waals surface area contributed by atoms with E-state index >= 15 is 0 Å². The Labute approximate surface area is 183 Å². The van der Waals surface area contributed by atoms with Crippen LogP contribution in [-0.4, -0.2) is 30.1 Å². The number of benzene rings is 1. The summed E-state index contributed by atoms with van der Waals surface area (Å²) in [6.45, 7) is 9.35. The molecular weight excluding hydrogens is 469 g/mol. The lowest BCUT2D eigenvalue weighted by atomic mass is 10.1. The molecule has 2 rings (SSSR count). The van der Waals surface area contributed by atoms with Crippen LogP contribution in [0.1, 0.15) is 50.6 Å². The van der Waals surface area contributed by atoms with Crippen molar-refractivity contribution >= 4 is 41.5 Å². The van der Waals surface area contributed by atoms with E-state index in [2.05, 4.69) is 46.9 Å². The number of amides is 1. The van der Waals surface area contributed by atoms with E-state index in [0.29, 0.717) is 25.0 Å². The van der Waals surface area contributed by atoms with Gasteiger partial charge in [0.15, 0.2) is 11.7 Å². The lowest BCUT2D eigenvalue weighted by molar-refractivity contribution is -0.114. The lowest BCUT2D eigenvalue weighted by Gasteiger charge is -2.10. The normalized spacial score (nSPS) is 11.1. The maximum Gasteiger partial charge on any atom is 0.246 e. The van der Waals surface area contributed by atoms with Gasteiger partial charge in [-0.1, -0.05) is 38.1 Å². The smallest absolute Gasteiger partial charge is 0.246 e. The minimum absolute atomic E-state index is 0. The van der Waals surface area contributed by atoms with Gasteiger partial charge in [0.25, 0.3) is 0 Å². The van der Waals surface area contributed by atoms with Crippen LogP contribution in [0.5, 0.6) is 0 Å². The zero-order chi connectivity index (χ0) is 19.6. The van der Waals surface area contributed by atoms with E-state index < -0.39 is 0 Å². The van der Waals surface area contributed by atoms with Crippen LogP contribution in [0.3, 0.4) is 0 Å². The fourth-order valence-corrected chi connectivity index (χ4v) is 2.42. The lowest BCUT2D eigenvalue weighted by Crippen LogP contribution is -2.37. The predicted molar refractivity (Wildman–Crippen MR) is 123 cm³/mol. The fraction of sp³-hybridized carbons (Fsp3) is 0.450. The Balaban J connectivity index is 0.00000392. The van der Waals surface area contributed by atoms with Crippen LogP contribution < -0.4 is 16.0 Å². The topological polar surface area (TPSA) is 91.5 Å². The minimum atomic E-state index is -0.165. The second-order valence-electron chi connectivity index (χ2n) is 6.52. The Bertz CT molecular complexity index is 773. The van der Waals surface area contributed by atoms with Crippen LogP contribution in [0.25, 0.3) is 0 Å². The van der Waals surface area contributed by atoms with Gasteiger partial charge in [-0.15, -0.1) is 24.0 Å². The van der Waals surface area contributed by atoms with Crippen LogP contribution in [0.15, 0.2) is 39.8 Å². The molecule has 0 saturated carbocycles. The number of nitrogens with one attached hydrogen (secondary N) is 3. The van der Waals surface area contributed by atoms with Crippen molar-refractivity contribution in [1.29, 1.82) is 0 Å². The molecule has 0 aliphatic rings. The summed E-state index contributed by atoms with van der Waals surface area (Å²) in [5.41, 5.74) is 2.89. The Morgan fingerprint density at radius 1 is 1.21 bits per heavy atom. The maximum absolute atomic E-state index is 12.2. The van der Waals surface area contributed by atoms with Crippen LogP contribution >= 0.6 is 24.0 Å².